The highest BCUT2D eigenvalue weighted by Crippen LogP contribution is 2.20. The third kappa shape index (κ3) is 4.29. The first kappa shape index (κ1) is 15.0. The number of carboxylic acids is 1. The zero-order valence-electron chi connectivity index (χ0n) is 10.3. The molecule has 0 radical (unpaired) electrons. The topological polar surface area (TPSA) is 78.4 Å². The Morgan fingerprint density at radius 2 is 1.95 bits per heavy atom. The fourth-order valence-corrected chi connectivity index (χ4v) is 1.45. The van der Waals surface area contributed by atoms with Gasteiger partial charge in [-0.25, -0.2) is 13.6 Å². The maximum absolute atomic E-state index is 13.4. The summed E-state index contributed by atoms with van der Waals surface area (Å²) >= 11 is 0. The highest BCUT2D eigenvalue weighted by Gasteiger charge is 2.16. The van der Waals surface area contributed by atoms with Crippen LogP contribution in [0.2, 0.25) is 0 Å². The van der Waals surface area contributed by atoms with E-state index < -0.39 is 29.1 Å². The lowest BCUT2D eigenvalue weighted by Crippen LogP contribution is -2.16. The van der Waals surface area contributed by atoms with Crippen molar-refractivity contribution in [3.63, 3.8) is 0 Å². The van der Waals surface area contributed by atoms with E-state index in [0.29, 0.717) is 19.0 Å². The molecule has 0 aliphatic heterocycles. The molecule has 0 aromatic heterocycles. The summed E-state index contributed by atoms with van der Waals surface area (Å²) in [6.45, 7) is 0.625. The van der Waals surface area contributed by atoms with Gasteiger partial charge in [0, 0.05) is 12.5 Å². The van der Waals surface area contributed by atoms with Crippen LogP contribution in [-0.4, -0.2) is 30.6 Å². The molecule has 104 valence electrons. The molecule has 0 saturated heterocycles. The van der Waals surface area contributed by atoms with Crippen LogP contribution in [-0.2, 0) is 4.79 Å². The summed E-state index contributed by atoms with van der Waals surface area (Å²) in [5, 5.41) is 13.8. The van der Waals surface area contributed by atoms with Gasteiger partial charge in [0.1, 0.15) is 11.6 Å². The molecule has 19 heavy (non-hydrogen) atoms. The molecular weight excluding hydrogens is 258 g/mol. The molecule has 1 amide bonds. The Balaban J connectivity index is 2.80. The number of rotatable bonds is 6. The molecule has 1 aromatic rings. The van der Waals surface area contributed by atoms with Gasteiger partial charge in [-0.2, -0.15) is 0 Å². The van der Waals surface area contributed by atoms with Crippen molar-refractivity contribution >= 4 is 17.6 Å². The van der Waals surface area contributed by atoms with Gasteiger partial charge in [-0.3, -0.25) is 4.79 Å². The molecule has 0 unspecified atom stereocenters. The molecule has 0 aliphatic rings. The Labute approximate surface area is 108 Å². The number of anilines is 1. The molecule has 1 aromatic carbocycles. The third-order valence-corrected chi connectivity index (χ3v) is 2.39. The van der Waals surface area contributed by atoms with Gasteiger partial charge in [-0.15, -0.1) is 0 Å². The van der Waals surface area contributed by atoms with Crippen LogP contribution in [0.25, 0.3) is 0 Å². The summed E-state index contributed by atoms with van der Waals surface area (Å²) in [5.41, 5.74) is -1.03. The number of hydrogen-bond acceptors (Lipinski definition) is 3. The maximum atomic E-state index is 13.4. The van der Waals surface area contributed by atoms with E-state index in [2.05, 4.69) is 10.6 Å². The van der Waals surface area contributed by atoms with Crippen molar-refractivity contribution in [1.29, 1.82) is 0 Å². The molecule has 0 bridgehead atoms. The smallest absolute Gasteiger partial charge is 0.338 e. The average molecular weight is 272 g/mol. The lowest BCUT2D eigenvalue weighted by molar-refractivity contribution is -0.116. The number of carboxylic acid groups (broad SMARTS) is 1. The second-order valence-corrected chi connectivity index (χ2v) is 3.87. The Kier molecular flexibility index (Phi) is 5.37. The minimum Gasteiger partial charge on any atom is -0.478 e. The maximum Gasteiger partial charge on any atom is 0.338 e. The average Bonchev–Trinajstić information content (AvgIpc) is 2.32. The summed E-state index contributed by atoms with van der Waals surface area (Å²) in [7, 11) is 1.73. The van der Waals surface area contributed by atoms with Gasteiger partial charge in [0.05, 0.1) is 11.3 Å². The standard InChI is InChI=1S/C12H14F2N2O3/c1-15-4-2-3-11(17)16-10-5-7(12(18)19)8(13)6-9(10)14/h5-6,15H,2-4H2,1H3,(H,16,17)(H,18,19). The first-order valence-corrected chi connectivity index (χ1v) is 5.62. The second kappa shape index (κ2) is 6.79. The molecular formula is C12H14F2N2O3. The second-order valence-electron chi connectivity index (χ2n) is 3.87. The number of benzene rings is 1. The van der Waals surface area contributed by atoms with E-state index in [0.717, 1.165) is 6.07 Å². The van der Waals surface area contributed by atoms with Crippen molar-refractivity contribution in [2.75, 3.05) is 18.9 Å². The number of aromatic carboxylic acids is 1. The molecule has 7 heteroatoms. The molecule has 1 rings (SSSR count). The van der Waals surface area contributed by atoms with E-state index in [9.17, 15) is 18.4 Å². The molecule has 0 atom stereocenters. The summed E-state index contributed by atoms with van der Waals surface area (Å²) in [6, 6.07) is 1.20. The highest BCUT2D eigenvalue weighted by molar-refractivity contribution is 5.94. The lowest BCUT2D eigenvalue weighted by Gasteiger charge is -2.08. The number of nitrogens with one attached hydrogen (secondary N) is 2. The van der Waals surface area contributed by atoms with Crippen LogP contribution in [0.4, 0.5) is 14.5 Å². The Morgan fingerprint density at radius 1 is 1.26 bits per heavy atom. The minimum absolute atomic E-state index is 0.153. The Bertz CT molecular complexity index is 492. The summed E-state index contributed by atoms with van der Waals surface area (Å²) in [4.78, 5) is 22.2. The number of amides is 1. The monoisotopic (exact) mass is 272 g/mol. The van der Waals surface area contributed by atoms with Crippen LogP contribution in [0, 0.1) is 11.6 Å². The zero-order valence-corrected chi connectivity index (χ0v) is 10.3. The molecule has 3 N–H and O–H groups in total. The predicted octanol–water partition coefficient (Wildman–Crippen LogP) is 1.60. The first-order chi connectivity index (χ1) is 8.95. The van der Waals surface area contributed by atoms with E-state index in [1.807, 2.05) is 0 Å². The van der Waals surface area contributed by atoms with Gasteiger partial charge < -0.3 is 15.7 Å². The van der Waals surface area contributed by atoms with Crippen molar-refractivity contribution in [3.8, 4) is 0 Å². The molecule has 5 nitrogen and oxygen atoms in total. The Morgan fingerprint density at radius 3 is 2.53 bits per heavy atom. The van der Waals surface area contributed by atoms with Crippen LogP contribution in [0.15, 0.2) is 12.1 Å². The molecule has 0 heterocycles. The van der Waals surface area contributed by atoms with Crippen molar-refractivity contribution in [2.45, 2.75) is 12.8 Å². The molecule has 0 spiro atoms. The van der Waals surface area contributed by atoms with Crippen LogP contribution >= 0.6 is 0 Å². The van der Waals surface area contributed by atoms with Crippen LogP contribution in [0.3, 0.4) is 0 Å². The predicted molar refractivity (Wildman–Crippen MR) is 65.1 cm³/mol. The van der Waals surface area contributed by atoms with Gasteiger partial charge in [0.2, 0.25) is 5.91 Å². The molecule has 0 aliphatic carbocycles. The SMILES string of the molecule is CNCCCC(=O)Nc1cc(C(=O)O)c(F)cc1F. The zero-order chi connectivity index (χ0) is 14.4. The summed E-state index contributed by atoms with van der Waals surface area (Å²) in [6.07, 6.45) is 0.705. The molecule has 0 fully saturated rings. The van der Waals surface area contributed by atoms with Crippen molar-refractivity contribution in [1.82, 2.24) is 5.32 Å². The van der Waals surface area contributed by atoms with Crippen LogP contribution in [0.5, 0.6) is 0 Å². The lowest BCUT2D eigenvalue weighted by atomic mass is 10.1. The van der Waals surface area contributed by atoms with E-state index in [1.165, 1.54) is 0 Å². The van der Waals surface area contributed by atoms with Crippen LogP contribution < -0.4 is 10.6 Å². The van der Waals surface area contributed by atoms with Gasteiger partial charge in [0.15, 0.2) is 0 Å². The fraction of sp³-hybridized carbons (Fsp3) is 0.333. The largest absolute Gasteiger partial charge is 0.478 e. The fourth-order valence-electron chi connectivity index (χ4n) is 1.45. The third-order valence-electron chi connectivity index (χ3n) is 2.39. The van der Waals surface area contributed by atoms with Crippen LogP contribution in [0.1, 0.15) is 23.2 Å². The van der Waals surface area contributed by atoms with E-state index in [-0.39, 0.29) is 12.1 Å². The van der Waals surface area contributed by atoms with Gasteiger partial charge >= 0.3 is 5.97 Å². The minimum atomic E-state index is -1.52. The van der Waals surface area contributed by atoms with Crippen molar-refractivity contribution in [2.24, 2.45) is 0 Å². The summed E-state index contributed by atoms with van der Waals surface area (Å²) in [5.74, 6) is -4.18. The Hall–Kier alpha value is -2.02. The highest BCUT2D eigenvalue weighted by atomic mass is 19.1. The normalized spacial score (nSPS) is 10.3. The number of halogens is 2. The molecule has 0 saturated carbocycles. The van der Waals surface area contributed by atoms with Gasteiger partial charge in [0.25, 0.3) is 0 Å². The summed E-state index contributed by atoms with van der Waals surface area (Å²) < 4.78 is 26.5. The number of hydrogen-bond donors (Lipinski definition) is 3. The van der Waals surface area contributed by atoms with E-state index in [1.54, 1.807) is 7.05 Å². The van der Waals surface area contributed by atoms with Gasteiger partial charge in [-0.1, -0.05) is 0 Å². The van der Waals surface area contributed by atoms with E-state index >= 15 is 0 Å². The first-order valence-electron chi connectivity index (χ1n) is 5.62. The van der Waals surface area contributed by atoms with Crippen molar-refractivity contribution in [3.05, 3.63) is 29.3 Å². The van der Waals surface area contributed by atoms with Gasteiger partial charge in [-0.05, 0) is 26.1 Å². The van der Waals surface area contributed by atoms with Crippen molar-refractivity contribution < 1.29 is 23.5 Å². The number of carbonyl (C=O) groups excluding carboxylic acids is 1. The number of carbonyl (C=O) groups is 2. The quantitative estimate of drug-likeness (QED) is 0.687. The van der Waals surface area contributed by atoms with E-state index in [4.69, 9.17) is 5.11 Å².